The zero-order valence-electron chi connectivity index (χ0n) is 12.0. The number of rotatable bonds is 5. The topological polar surface area (TPSA) is 42.4 Å². The number of ether oxygens (including phenoxy) is 1. The summed E-state index contributed by atoms with van der Waals surface area (Å²) in [6.45, 7) is 2.80. The monoisotopic (exact) mass is 304 g/mol. The minimum atomic E-state index is -0.0674. The third-order valence-corrected chi connectivity index (χ3v) is 3.27. The van der Waals surface area contributed by atoms with E-state index in [2.05, 4.69) is 4.98 Å². The van der Waals surface area contributed by atoms with Gasteiger partial charge in [0.15, 0.2) is 0 Å². The first-order valence-corrected chi connectivity index (χ1v) is 7.00. The van der Waals surface area contributed by atoms with E-state index in [1.54, 1.807) is 48.5 Å². The molecule has 0 aliphatic rings. The predicted molar refractivity (Wildman–Crippen MR) is 82.9 cm³/mol. The van der Waals surface area contributed by atoms with Gasteiger partial charge in [0.25, 0.3) is 5.91 Å². The number of carbonyl (C=O) groups is 1. The lowest BCUT2D eigenvalue weighted by Gasteiger charge is -2.17. The Morgan fingerprint density at radius 2 is 1.95 bits per heavy atom. The molecule has 1 aromatic heterocycles. The number of hydrogen-bond acceptors (Lipinski definition) is 3. The van der Waals surface area contributed by atoms with Crippen molar-refractivity contribution >= 4 is 17.5 Å². The van der Waals surface area contributed by atoms with Gasteiger partial charge < -0.3 is 9.64 Å². The van der Waals surface area contributed by atoms with E-state index in [1.807, 2.05) is 13.0 Å². The highest BCUT2D eigenvalue weighted by atomic mass is 35.5. The van der Waals surface area contributed by atoms with Crippen molar-refractivity contribution in [1.29, 1.82) is 0 Å². The van der Waals surface area contributed by atoms with Crippen LogP contribution in [0, 0.1) is 6.92 Å². The third-order valence-electron chi connectivity index (χ3n) is 3.01. The zero-order chi connectivity index (χ0) is 15.2. The number of aryl methyl sites for hydroxylation is 1. The number of halogens is 1. The molecular formula is C16H17ClN2O2. The third kappa shape index (κ3) is 4.46. The lowest BCUT2D eigenvalue weighted by molar-refractivity contribution is 0.0773. The maximum Gasteiger partial charge on any atom is 0.255 e. The summed E-state index contributed by atoms with van der Waals surface area (Å²) in [5.74, 6) is 0.666. The van der Waals surface area contributed by atoms with Gasteiger partial charge in [-0.25, -0.2) is 0 Å². The average Bonchev–Trinajstić information content (AvgIpc) is 2.49. The van der Waals surface area contributed by atoms with Crippen molar-refractivity contribution in [2.45, 2.75) is 6.92 Å². The van der Waals surface area contributed by atoms with Gasteiger partial charge in [-0.1, -0.05) is 11.6 Å². The highest BCUT2D eigenvalue weighted by Crippen LogP contribution is 2.15. The molecule has 0 spiro atoms. The number of nitrogens with zero attached hydrogens (tertiary/aromatic N) is 2. The molecule has 0 atom stereocenters. The molecule has 0 saturated carbocycles. The van der Waals surface area contributed by atoms with E-state index in [-0.39, 0.29) is 5.91 Å². The Morgan fingerprint density at radius 1 is 1.24 bits per heavy atom. The van der Waals surface area contributed by atoms with Crippen LogP contribution in [0.5, 0.6) is 5.75 Å². The molecule has 0 fully saturated rings. The van der Waals surface area contributed by atoms with Crippen LogP contribution < -0.4 is 4.74 Å². The molecule has 21 heavy (non-hydrogen) atoms. The van der Waals surface area contributed by atoms with E-state index >= 15 is 0 Å². The number of carbonyl (C=O) groups excluding carboxylic acids is 1. The van der Waals surface area contributed by atoms with Crippen LogP contribution >= 0.6 is 11.6 Å². The van der Waals surface area contributed by atoms with Crippen molar-refractivity contribution in [2.75, 3.05) is 20.2 Å². The van der Waals surface area contributed by atoms with Crippen LogP contribution in [0.15, 0.2) is 42.6 Å². The van der Waals surface area contributed by atoms with Gasteiger partial charge in [-0.3, -0.25) is 9.78 Å². The molecule has 5 heteroatoms. The van der Waals surface area contributed by atoms with Crippen molar-refractivity contribution in [1.82, 2.24) is 9.88 Å². The maximum atomic E-state index is 12.2. The van der Waals surface area contributed by atoms with Gasteiger partial charge in [-0.15, -0.1) is 0 Å². The van der Waals surface area contributed by atoms with Gasteiger partial charge in [0, 0.05) is 24.0 Å². The fourth-order valence-electron chi connectivity index (χ4n) is 1.75. The van der Waals surface area contributed by atoms with Gasteiger partial charge in [0.2, 0.25) is 0 Å². The summed E-state index contributed by atoms with van der Waals surface area (Å²) in [5.41, 5.74) is 1.47. The van der Waals surface area contributed by atoms with Crippen LogP contribution in [-0.4, -0.2) is 36.0 Å². The van der Waals surface area contributed by atoms with Crippen LogP contribution in [0.4, 0.5) is 0 Å². The lowest BCUT2D eigenvalue weighted by atomic mass is 10.2. The minimum Gasteiger partial charge on any atom is -0.492 e. The quantitative estimate of drug-likeness (QED) is 0.852. The molecule has 0 N–H and O–H groups in total. The second-order valence-electron chi connectivity index (χ2n) is 4.72. The van der Waals surface area contributed by atoms with Gasteiger partial charge in [-0.2, -0.15) is 0 Å². The molecule has 0 aliphatic heterocycles. The minimum absolute atomic E-state index is 0.0674. The number of aromatic nitrogens is 1. The summed E-state index contributed by atoms with van der Waals surface area (Å²) in [4.78, 5) is 17.9. The van der Waals surface area contributed by atoms with E-state index in [9.17, 15) is 4.79 Å². The van der Waals surface area contributed by atoms with E-state index in [0.29, 0.717) is 23.7 Å². The summed E-state index contributed by atoms with van der Waals surface area (Å²) in [7, 11) is 1.74. The van der Waals surface area contributed by atoms with Crippen LogP contribution in [0.25, 0.3) is 0 Å². The molecule has 2 rings (SSSR count). The number of pyridine rings is 1. The molecule has 2 aromatic rings. The fraction of sp³-hybridized carbons (Fsp3) is 0.250. The van der Waals surface area contributed by atoms with Gasteiger partial charge in [0.1, 0.15) is 12.4 Å². The molecule has 1 amide bonds. The van der Waals surface area contributed by atoms with E-state index < -0.39 is 0 Å². The molecule has 0 radical (unpaired) electrons. The Labute approximate surface area is 129 Å². The summed E-state index contributed by atoms with van der Waals surface area (Å²) >= 11 is 5.80. The normalized spacial score (nSPS) is 10.2. The first kappa shape index (κ1) is 15.3. The van der Waals surface area contributed by atoms with Crippen LogP contribution in [0.3, 0.4) is 0 Å². The predicted octanol–water partition coefficient (Wildman–Crippen LogP) is 3.19. The molecule has 0 aliphatic carbocycles. The van der Waals surface area contributed by atoms with Crippen LogP contribution in [0.1, 0.15) is 16.1 Å². The Balaban J connectivity index is 1.83. The number of benzene rings is 1. The van der Waals surface area contributed by atoms with E-state index in [1.165, 1.54) is 0 Å². The molecule has 0 saturated heterocycles. The average molecular weight is 305 g/mol. The summed E-state index contributed by atoms with van der Waals surface area (Å²) in [5, 5.41) is 0.668. The fourth-order valence-corrected chi connectivity index (χ4v) is 1.87. The zero-order valence-corrected chi connectivity index (χ0v) is 12.8. The molecule has 0 unspecified atom stereocenters. The number of hydrogen-bond donors (Lipinski definition) is 0. The largest absolute Gasteiger partial charge is 0.492 e. The van der Waals surface area contributed by atoms with Crippen molar-refractivity contribution in [2.24, 2.45) is 0 Å². The standard InChI is InChI=1S/C16H17ClN2O2/c1-12-3-4-13(11-18-12)16(20)19(2)9-10-21-15-7-5-14(17)6-8-15/h3-8,11H,9-10H2,1-2H3. The van der Waals surface area contributed by atoms with Crippen molar-refractivity contribution in [3.8, 4) is 5.75 Å². The lowest BCUT2D eigenvalue weighted by Crippen LogP contribution is -2.30. The van der Waals surface area contributed by atoms with Crippen molar-refractivity contribution in [3.63, 3.8) is 0 Å². The van der Waals surface area contributed by atoms with Gasteiger partial charge in [0.05, 0.1) is 12.1 Å². The number of likely N-dealkylation sites (N-methyl/N-ethyl adjacent to an activating group) is 1. The maximum absolute atomic E-state index is 12.2. The first-order chi connectivity index (χ1) is 10.1. The van der Waals surface area contributed by atoms with E-state index in [0.717, 1.165) is 11.4 Å². The Kier molecular flexibility index (Phi) is 5.17. The molecule has 0 bridgehead atoms. The smallest absolute Gasteiger partial charge is 0.255 e. The molecular weight excluding hydrogens is 288 g/mol. The Hall–Kier alpha value is -2.07. The van der Waals surface area contributed by atoms with Crippen molar-refractivity contribution < 1.29 is 9.53 Å². The first-order valence-electron chi connectivity index (χ1n) is 6.63. The number of amides is 1. The summed E-state index contributed by atoms with van der Waals surface area (Å²) < 4.78 is 5.57. The molecule has 4 nitrogen and oxygen atoms in total. The highest BCUT2D eigenvalue weighted by molar-refractivity contribution is 6.30. The molecule has 110 valence electrons. The second-order valence-corrected chi connectivity index (χ2v) is 5.15. The van der Waals surface area contributed by atoms with Crippen molar-refractivity contribution in [3.05, 3.63) is 58.9 Å². The SMILES string of the molecule is Cc1ccc(C(=O)N(C)CCOc2ccc(Cl)cc2)cn1. The van der Waals surface area contributed by atoms with Crippen LogP contribution in [-0.2, 0) is 0 Å². The molecule has 1 heterocycles. The summed E-state index contributed by atoms with van der Waals surface area (Å²) in [6.07, 6.45) is 1.59. The molecule has 1 aromatic carbocycles. The highest BCUT2D eigenvalue weighted by Gasteiger charge is 2.11. The Morgan fingerprint density at radius 3 is 2.57 bits per heavy atom. The second kappa shape index (κ2) is 7.09. The van der Waals surface area contributed by atoms with Gasteiger partial charge in [-0.05, 0) is 43.3 Å². The van der Waals surface area contributed by atoms with Gasteiger partial charge >= 0.3 is 0 Å². The van der Waals surface area contributed by atoms with E-state index in [4.69, 9.17) is 16.3 Å². The Bertz CT molecular complexity index is 597. The van der Waals surface area contributed by atoms with Crippen LogP contribution in [0.2, 0.25) is 5.02 Å². The summed E-state index contributed by atoms with van der Waals surface area (Å²) in [6, 6.07) is 10.7.